The molecule has 1 unspecified atom stereocenters. The van der Waals surface area contributed by atoms with Gasteiger partial charge < -0.3 is 9.88 Å². The van der Waals surface area contributed by atoms with Crippen LogP contribution >= 0.6 is 34.8 Å². The zero-order chi connectivity index (χ0) is 19.1. The fourth-order valence-corrected chi connectivity index (χ4v) is 4.68. The molecule has 3 rings (SSSR count). The first-order valence-electron chi connectivity index (χ1n) is 8.95. The van der Waals surface area contributed by atoms with Gasteiger partial charge in [0.15, 0.2) is 0 Å². The Morgan fingerprint density at radius 2 is 2.00 bits per heavy atom. The lowest BCUT2D eigenvalue weighted by Gasteiger charge is -2.47. The molecule has 5 nitrogen and oxygen atoms in total. The van der Waals surface area contributed by atoms with Crippen LogP contribution in [0.25, 0.3) is 0 Å². The maximum atomic E-state index is 12.3. The number of nitrogens with one attached hydrogen (secondary N) is 1. The zero-order valence-corrected chi connectivity index (χ0v) is 17.2. The van der Waals surface area contributed by atoms with E-state index in [0.717, 1.165) is 12.1 Å². The summed E-state index contributed by atoms with van der Waals surface area (Å²) in [5, 5.41) is 2.91. The maximum Gasteiger partial charge on any atom is 0.250 e. The van der Waals surface area contributed by atoms with Crippen LogP contribution in [0.3, 0.4) is 0 Å². The van der Waals surface area contributed by atoms with Crippen LogP contribution in [-0.4, -0.2) is 38.4 Å². The van der Waals surface area contributed by atoms with Gasteiger partial charge in [-0.25, -0.2) is 0 Å². The molecule has 0 aromatic carbocycles. The number of hydrogen-bond acceptors (Lipinski definition) is 3. The molecular formula is C18H24Cl3N3O2. The molecule has 1 aromatic rings. The smallest absolute Gasteiger partial charge is 0.250 e. The molecule has 1 amide bonds. The van der Waals surface area contributed by atoms with Crippen molar-refractivity contribution in [3.8, 4) is 0 Å². The highest BCUT2D eigenvalue weighted by molar-refractivity contribution is 6.68. The van der Waals surface area contributed by atoms with Crippen molar-refractivity contribution < 1.29 is 4.79 Å². The Balaban J connectivity index is 1.82. The topological polar surface area (TPSA) is 54.3 Å². The van der Waals surface area contributed by atoms with Crippen molar-refractivity contribution in [3.05, 3.63) is 34.2 Å². The summed E-state index contributed by atoms with van der Waals surface area (Å²) in [5.41, 5.74) is 1.06. The summed E-state index contributed by atoms with van der Waals surface area (Å²) >= 11 is 18.6. The van der Waals surface area contributed by atoms with Gasteiger partial charge in [0.1, 0.15) is 6.17 Å². The molecular weight excluding hydrogens is 397 g/mol. The lowest BCUT2D eigenvalue weighted by molar-refractivity contribution is -0.124. The summed E-state index contributed by atoms with van der Waals surface area (Å²) < 4.78 is 0.229. The summed E-state index contributed by atoms with van der Waals surface area (Å²) in [7, 11) is 0. The van der Waals surface area contributed by atoms with E-state index in [1.807, 2.05) is 29.4 Å². The second-order valence-electron chi connectivity index (χ2n) is 7.76. The van der Waals surface area contributed by atoms with Crippen molar-refractivity contribution >= 4 is 40.7 Å². The lowest BCUT2D eigenvalue weighted by Crippen LogP contribution is -2.60. The van der Waals surface area contributed by atoms with E-state index >= 15 is 0 Å². The predicted octanol–water partition coefficient (Wildman–Crippen LogP) is 3.13. The first kappa shape index (κ1) is 20.0. The molecule has 144 valence electrons. The average molecular weight is 421 g/mol. The van der Waals surface area contributed by atoms with Gasteiger partial charge in [-0.2, -0.15) is 0 Å². The Morgan fingerprint density at radius 3 is 2.65 bits per heavy atom. The number of rotatable bonds is 4. The number of halogens is 3. The van der Waals surface area contributed by atoms with E-state index in [-0.39, 0.29) is 23.3 Å². The third kappa shape index (κ3) is 4.38. The molecule has 0 radical (unpaired) electrons. The molecule has 2 bridgehead atoms. The van der Waals surface area contributed by atoms with Crippen LogP contribution in [-0.2, 0) is 11.3 Å². The molecule has 1 N–H and O–H groups in total. The van der Waals surface area contributed by atoms with Crippen molar-refractivity contribution in [3.63, 3.8) is 0 Å². The summed E-state index contributed by atoms with van der Waals surface area (Å²) in [4.78, 5) is 26.5. The van der Waals surface area contributed by atoms with Crippen LogP contribution in [0.2, 0.25) is 0 Å². The minimum Gasteiger partial charge on any atom is -0.337 e. The quantitative estimate of drug-likeness (QED) is 0.761. The predicted molar refractivity (Wildman–Crippen MR) is 105 cm³/mol. The van der Waals surface area contributed by atoms with Gasteiger partial charge >= 0.3 is 0 Å². The Kier molecular flexibility index (Phi) is 5.92. The molecule has 2 aliphatic rings. The standard InChI is InChI=1S/C18H24Cl3N3O2/c1-11(2)6-15(25)22-17(18(19,20)21)23-8-12-7-13(10-23)14-4-3-5-16(26)24(14)9-12/h3-5,11-13,17H,6-10H2,1-2H3,(H,22,25)/t12-,13+,17?/m0/s1. The second-order valence-corrected chi connectivity index (χ2v) is 10.1. The lowest BCUT2D eigenvalue weighted by atomic mass is 9.83. The van der Waals surface area contributed by atoms with E-state index in [0.29, 0.717) is 32.0 Å². The highest BCUT2D eigenvalue weighted by Gasteiger charge is 2.44. The maximum absolute atomic E-state index is 12.3. The number of likely N-dealkylation sites (tertiary alicyclic amines) is 1. The summed E-state index contributed by atoms with van der Waals surface area (Å²) in [6, 6.07) is 5.39. The van der Waals surface area contributed by atoms with Gasteiger partial charge in [0, 0.05) is 43.7 Å². The van der Waals surface area contributed by atoms with E-state index in [1.165, 1.54) is 0 Å². The van der Waals surface area contributed by atoms with E-state index in [4.69, 9.17) is 34.8 Å². The van der Waals surface area contributed by atoms with Gasteiger partial charge in [-0.05, 0) is 24.3 Å². The summed E-state index contributed by atoms with van der Waals surface area (Å²) in [6.45, 7) is 5.93. The molecule has 8 heteroatoms. The van der Waals surface area contributed by atoms with Crippen LogP contribution in [0.1, 0.15) is 38.3 Å². The second kappa shape index (κ2) is 7.70. The number of piperidine rings is 1. The van der Waals surface area contributed by atoms with Gasteiger partial charge in [-0.15, -0.1) is 0 Å². The monoisotopic (exact) mass is 419 g/mol. The minimum absolute atomic E-state index is 0.0359. The van der Waals surface area contributed by atoms with E-state index < -0.39 is 9.96 Å². The number of aromatic nitrogens is 1. The van der Waals surface area contributed by atoms with E-state index in [1.54, 1.807) is 12.1 Å². The first-order chi connectivity index (χ1) is 12.1. The van der Waals surface area contributed by atoms with Gasteiger partial charge in [0.05, 0.1) is 0 Å². The van der Waals surface area contributed by atoms with E-state index in [2.05, 4.69) is 5.32 Å². The van der Waals surface area contributed by atoms with Crippen molar-refractivity contribution in [2.75, 3.05) is 13.1 Å². The van der Waals surface area contributed by atoms with Crippen molar-refractivity contribution in [2.45, 2.75) is 49.1 Å². The molecule has 1 fully saturated rings. The molecule has 3 heterocycles. The molecule has 0 aliphatic carbocycles. The molecule has 26 heavy (non-hydrogen) atoms. The third-order valence-electron chi connectivity index (χ3n) is 5.07. The molecule has 1 aromatic heterocycles. The molecule has 1 saturated heterocycles. The number of fused-ring (bicyclic) bond motifs is 4. The Bertz CT molecular complexity index is 729. The first-order valence-corrected chi connectivity index (χ1v) is 10.1. The van der Waals surface area contributed by atoms with Gasteiger partial charge in [-0.1, -0.05) is 54.7 Å². The van der Waals surface area contributed by atoms with Crippen LogP contribution in [0.15, 0.2) is 23.0 Å². The van der Waals surface area contributed by atoms with Crippen LogP contribution in [0, 0.1) is 11.8 Å². The van der Waals surface area contributed by atoms with Gasteiger partial charge in [0.25, 0.3) is 5.56 Å². The van der Waals surface area contributed by atoms with Crippen molar-refractivity contribution in [1.82, 2.24) is 14.8 Å². The normalized spacial score (nSPS) is 24.2. The fourth-order valence-electron chi connectivity index (χ4n) is 4.11. The van der Waals surface area contributed by atoms with Gasteiger partial charge in [-0.3, -0.25) is 14.5 Å². The number of carbonyl (C=O) groups is 1. The van der Waals surface area contributed by atoms with Crippen molar-refractivity contribution in [1.29, 1.82) is 0 Å². The highest BCUT2D eigenvalue weighted by atomic mass is 35.6. The van der Waals surface area contributed by atoms with Gasteiger partial charge in [0.2, 0.25) is 9.70 Å². The number of carbonyl (C=O) groups excluding carboxylic acids is 1. The van der Waals surface area contributed by atoms with Crippen molar-refractivity contribution in [2.24, 2.45) is 11.8 Å². The number of alkyl halides is 3. The van der Waals surface area contributed by atoms with Crippen LogP contribution in [0.5, 0.6) is 0 Å². The van der Waals surface area contributed by atoms with Crippen LogP contribution < -0.4 is 10.9 Å². The molecule has 2 aliphatic heterocycles. The highest BCUT2D eigenvalue weighted by Crippen LogP contribution is 2.39. The summed E-state index contributed by atoms with van der Waals surface area (Å²) in [6.07, 6.45) is 0.703. The Hall–Kier alpha value is -0.750. The third-order valence-corrected chi connectivity index (χ3v) is 5.69. The Morgan fingerprint density at radius 1 is 1.27 bits per heavy atom. The molecule has 0 spiro atoms. The molecule has 0 saturated carbocycles. The molecule has 3 atom stereocenters. The SMILES string of the molecule is CC(C)CC(=O)NC(N1C[C@@H]2C[C@H](C1)c1cccc(=O)n1C2)C(Cl)(Cl)Cl. The Labute approximate surface area is 168 Å². The average Bonchev–Trinajstić information content (AvgIpc) is 2.52. The van der Waals surface area contributed by atoms with E-state index in [9.17, 15) is 9.59 Å². The zero-order valence-electron chi connectivity index (χ0n) is 14.9. The summed E-state index contributed by atoms with van der Waals surface area (Å²) in [5.74, 6) is 0.584. The fraction of sp³-hybridized carbons (Fsp3) is 0.667. The minimum atomic E-state index is -1.63. The number of amides is 1. The number of pyridine rings is 1. The number of nitrogens with zero attached hydrogens (tertiary/aromatic N) is 2. The number of hydrogen-bond donors (Lipinski definition) is 1. The van der Waals surface area contributed by atoms with Crippen LogP contribution in [0.4, 0.5) is 0 Å². The largest absolute Gasteiger partial charge is 0.337 e.